The molecule has 6 nitrogen and oxygen atoms in total. The van der Waals surface area contributed by atoms with Crippen LogP contribution in [0, 0.1) is 0 Å². The van der Waals surface area contributed by atoms with E-state index in [0.29, 0.717) is 19.3 Å². The van der Waals surface area contributed by atoms with Gasteiger partial charge in [-0.2, -0.15) is 0 Å². The van der Waals surface area contributed by atoms with Crippen LogP contribution in [0.1, 0.15) is 290 Å². The second-order valence-electron chi connectivity index (χ2n) is 21.3. The fourth-order valence-corrected chi connectivity index (χ4v) is 8.84. The Kier molecular flexibility index (Phi) is 62.3. The lowest BCUT2D eigenvalue weighted by Gasteiger charge is -2.18. The van der Waals surface area contributed by atoms with Gasteiger partial charge in [-0.25, -0.2) is 0 Å². The Labute approximate surface area is 487 Å². The van der Waals surface area contributed by atoms with Crippen LogP contribution in [0.25, 0.3) is 0 Å². The average Bonchev–Trinajstić information content (AvgIpc) is 3.45. The summed E-state index contributed by atoms with van der Waals surface area (Å²) in [5.41, 5.74) is 0. The van der Waals surface area contributed by atoms with Gasteiger partial charge < -0.3 is 14.2 Å². The molecule has 0 aliphatic heterocycles. The average molecular weight is 1090 g/mol. The molecule has 0 aromatic heterocycles. The molecule has 0 rings (SSSR count). The Morgan fingerprint density at radius 3 is 0.810 bits per heavy atom. The van der Waals surface area contributed by atoms with Crippen LogP contribution in [0.2, 0.25) is 0 Å². The Hall–Kier alpha value is -4.45. The molecule has 0 aliphatic carbocycles. The lowest BCUT2D eigenvalue weighted by Crippen LogP contribution is -2.30. The molecule has 448 valence electrons. The minimum Gasteiger partial charge on any atom is -0.462 e. The lowest BCUT2D eigenvalue weighted by molar-refractivity contribution is -0.167. The molecule has 79 heavy (non-hydrogen) atoms. The van der Waals surface area contributed by atoms with Crippen LogP contribution in [0.4, 0.5) is 0 Å². The lowest BCUT2D eigenvalue weighted by atomic mass is 10.0. The van der Waals surface area contributed by atoms with Gasteiger partial charge in [0.05, 0.1) is 0 Å². The van der Waals surface area contributed by atoms with E-state index in [9.17, 15) is 14.4 Å². The van der Waals surface area contributed by atoms with E-state index >= 15 is 0 Å². The molecule has 1 atom stereocenters. The third-order valence-corrected chi connectivity index (χ3v) is 13.7. The second kappa shape index (κ2) is 66.1. The smallest absolute Gasteiger partial charge is 0.306 e. The van der Waals surface area contributed by atoms with E-state index in [0.717, 1.165) is 128 Å². The highest BCUT2D eigenvalue weighted by molar-refractivity contribution is 5.71. The van der Waals surface area contributed by atoms with Crippen LogP contribution in [0.15, 0.2) is 134 Å². The molecule has 0 aromatic rings. The molecular formula is C73H120O6. The number of carbonyl (C=O) groups is 3. The van der Waals surface area contributed by atoms with Gasteiger partial charge in [0.15, 0.2) is 6.10 Å². The van der Waals surface area contributed by atoms with Gasteiger partial charge in [0, 0.05) is 19.3 Å². The third-order valence-electron chi connectivity index (χ3n) is 13.7. The highest BCUT2D eigenvalue weighted by Crippen LogP contribution is 2.16. The maximum atomic E-state index is 12.8. The van der Waals surface area contributed by atoms with Gasteiger partial charge in [-0.3, -0.25) is 14.4 Å². The summed E-state index contributed by atoms with van der Waals surface area (Å²) < 4.78 is 16.7. The molecule has 0 aromatic carbocycles. The fraction of sp³-hybridized carbons (Fsp3) is 0.658. The van der Waals surface area contributed by atoms with E-state index in [1.807, 2.05) is 0 Å². The molecule has 0 saturated heterocycles. The zero-order chi connectivity index (χ0) is 57.1. The normalized spacial score (nSPS) is 13.0. The van der Waals surface area contributed by atoms with E-state index < -0.39 is 6.10 Å². The number of esters is 3. The van der Waals surface area contributed by atoms with Gasteiger partial charge in [-0.1, -0.05) is 296 Å². The Bertz CT molecular complexity index is 1680. The first-order chi connectivity index (χ1) is 39.0. The summed E-state index contributed by atoms with van der Waals surface area (Å²) in [6.45, 7) is 6.29. The largest absolute Gasteiger partial charge is 0.462 e. The van der Waals surface area contributed by atoms with Gasteiger partial charge in [0.2, 0.25) is 0 Å². The van der Waals surface area contributed by atoms with Crippen LogP contribution < -0.4 is 0 Å². The van der Waals surface area contributed by atoms with Crippen LogP contribution in [-0.4, -0.2) is 37.2 Å². The summed E-state index contributed by atoms with van der Waals surface area (Å²) in [6, 6.07) is 0. The topological polar surface area (TPSA) is 78.9 Å². The minimum atomic E-state index is -0.808. The standard InChI is InChI=1S/C73H120O6/c1-4-7-10-13-15-17-19-21-23-25-27-29-31-32-33-34-35-36-37-38-39-40-42-43-45-47-49-51-53-55-57-60-63-66-72(75)78-69-70(68-77-71(74)65-62-59-12-9-6-3)79-73(76)67-64-61-58-56-54-52-50-48-46-44-41-30-28-26-24-22-20-18-16-14-11-8-5-2/h7-8,10-11,15-18,21-24,27-30,44,46,50,52,56,58,70H,4-6,9,12-14,19-20,25-26,31-43,45,47-49,51,53-55,57,59-69H2,1-3H3/b10-7-,11-8-,17-15-,18-16-,23-21-,24-22-,29-27-,30-28-,46-44-,52-50-,58-56-. The zero-order valence-electron chi connectivity index (χ0n) is 51.3. The van der Waals surface area contributed by atoms with E-state index in [2.05, 4.69) is 154 Å². The summed E-state index contributed by atoms with van der Waals surface area (Å²) in [5.74, 6) is -0.973. The summed E-state index contributed by atoms with van der Waals surface area (Å²) in [7, 11) is 0. The first kappa shape index (κ1) is 74.5. The van der Waals surface area contributed by atoms with Crippen molar-refractivity contribution < 1.29 is 28.6 Å². The first-order valence-corrected chi connectivity index (χ1v) is 32.7. The van der Waals surface area contributed by atoms with Crippen molar-refractivity contribution in [2.24, 2.45) is 0 Å². The highest BCUT2D eigenvalue weighted by Gasteiger charge is 2.19. The number of allylic oxidation sites excluding steroid dienone is 22. The number of carbonyl (C=O) groups excluding carboxylic acids is 3. The molecular weight excluding hydrogens is 973 g/mol. The molecule has 0 N–H and O–H groups in total. The van der Waals surface area contributed by atoms with Crippen molar-refractivity contribution >= 4 is 17.9 Å². The SMILES string of the molecule is CC/C=C\C/C=C\C/C=C\C/C=C\C/C=C\C/C=C\C/C=C\CCCC(=O)OC(COC(=O)CCCCCCC)COC(=O)CCCCCCCCCCCCCCCCCCCCCC/C=C\C/C=C\C/C=C\C/C=C\CC. The monoisotopic (exact) mass is 1090 g/mol. The van der Waals surface area contributed by atoms with Crippen LogP contribution in [-0.2, 0) is 28.6 Å². The number of hydrogen-bond donors (Lipinski definition) is 0. The van der Waals surface area contributed by atoms with E-state index in [4.69, 9.17) is 14.2 Å². The van der Waals surface area contributed by atoms with Gasteiger partial charge >= 0.3 is 17.9 Å². The summed E-state index contributed by atoms with van der Waals surface area (Å²) in [5, 5.41) is 0. The molecule has 0 amide bonds. The molecule has 0 saturated carbocycles. The van der Waals surface area contributed by atoms with Crippen molar-refractivity contribution in [2.45, 2.75) is 297 Å². The molecule has 0 fully saturated rings. The quantitative estimate of drug-likeness (QED) is 0.0261. The minimum absolute atomic E-state index is 0.102. The molecule has 1 unspecified atom stereocenters. The molecule has 0 spiro atoms. The van der Waals surface area contributed by atoms with E-state index in [1.165, 1.54) is 116 Å². The maximum absolute atomic E-state index is 12.8. The van der Waals surface area contributed by atoms with Crippen molar-refractivity contribution in [3.05, 3.63) is 134 Å². The molecule has 6 heteroatoms. The number of ether oxygens (including phenoxy) is 3. The van der Waals surface area contributed by atoms with Crippen LogP contribution in [0.5, 0.6) is 0 Å². The Balaban J connectivity index is 4.05. The summed E-state index contributed by atoms with van der Waals surface area (Å²) in [6.07, 6.45) is 93.9. The second-order valence-corrected chi connectivity index (χ2v) is 21.3. The molecule has 0 aliphatic rings. The number of rotatable bonds is 58. The first-order valence-electron chi connectivity index (χ1n) is 32.7. The van der Waals surface area contributed by atoms with Crippen molar-refractivity contribution in [3.63, 3.8) is 0 Å². The number of hydrogen-bond acceptors (Lipinski definition) is 6. The molecule has 0 heterocycles. The van der Waals surface area contributed by atoms with Gasteiger partial charge in [-0.15, -0.1) is 0 Å². The zero-order valence-corrected chi connectivity index (χ0v) is 51.3. The summed E-state index contributed by atoms with van der Waals surface area (Å²) in [4.78, 5) is 37.9. The van der Waals surface area contributed by atoms with Crippen molar-refractivity contribution in [2.75, 3.05) is 13.2 Å². The van der Waals surface area contributed by atoms with Gasteiger partial charge in [0.1, 0.15) is 13.2 Å². The third kappa shape index (κ3) is 64.3. The van der Waals surface area contributed by atoms with Crippen molar-refractivity contribution in [3.8, 4) is 0 Å². The number of unbranched alkanes of at least 4 members (excludes halogenated alkanes) is 25. The van der Waals surface area contributed by atoms with Crippen LogP contribution in [0.3, 0.4) is 0 Å². The highest BCUT2D eigenvalue weighted by atomic mass is 16.6. The fourth-order valence-electron chi connectivity index (χ4n) is 8.84. The molecule has 0 radical (unpaired) electrons. The van der Waals surface area contributed by atoms with Crippen molar-refractivity contribution in [1.29, 1.82) is 0 Å². The predicted molar refractivity (Wildman–Crippen MR) is 343 cm³/mol. The van der Waals surface area contributed by atoms with Gasteiger partial charge in [0.25, 0.3) is 0 Å². The van der Waals surface area contributed by atoms with Crippen LogP contribution >= 0.6 is 0 Å². The predicted octanol–water partition coefficient (Wildman–Crippen LogP) is 22.5. The Morgan fingerprint density at radius 1 is 0.266 bits per heavy atom. The van der Waals surface area contributed by atoms with Crippen molar-refractivity contribution in [1.82, 2.24) is 0 Å². The van der Waals surface area contributed by atoms with Gasteiger partial charge in [-0.05, 0) is 109 Å². The van der Waals surface area contributed by atoms with E-state index in [1.54, 1.807) is 0 Å². The Morgan fingerprint density at radius 2 is 0.506 bits per heavy atom. The maximum Gasteiger partial charge on any atom is 0.306 e. The summed E-state index contributed by atoms with van der Waals surface area (Å²) >= 11 is 0. The molecule has 0 bridgehead atoms. The van der Waals surface area contributed by atoms with E-state index in [-0.39, 0.29) is 37.5 Å².